The first-order valence-electron chi connectivity index (χ1n) is 19.0. The molecule has 0 bridgehead atoms. The molecule has 1 aliphatic carbocycles. The van der Waals surface area contributed by atoms with Gasteiger partial charge in [-0.1, -0.05) is 30.3 Å². The number of aliphatic hydroxyl groups excluding tert-OH is 7. The average molecular weight is 834 g/mol. The number of aliphatic imine (C=N–C) groups is 1. The molecule has 5 aliphatic rings. The zero-order valence-corrected chi connectivity index (χ0v) is 32.5. The predicted octanol–water partition coefficient (Wildman–Crippen LogP) is -5.82. The zero-order chi connectivity index (χ0) is 41.6. The van der Waals surface area contributed by atoms with Gasteiger partial charge >= 0.3 is 0 Å². The van der Waals surface area contributed by atoms with E-state index in [4.69, 9.17) is 46.6 Å². The van der Waals surface area contributed by atoms with Gasteiger partial charge in [-0.3, -0.25) is 14.6 Å². The lowest BCUT2D eigenvalue weighted by molar-refractivity contribution is -0.332. The summed E-state index contributed by atoms with van der Waals surface area (Å²) >= 11 is 0. The highest BCUT2D eigenvalue weighted by molar-refractivity contribution is 8.00. The van der Waals surface area contributed by atoms with Crippen LogP contribution in [0.3, 0.4) is 0 Å². The lowest BCUT2D eigenvalue weighted by Crippen LogP contribution is -2.68. The smallest absolute Gasteiger partial charge is 0.264 e. The molecule has 57 heavy (non-hydrogen) atoms. The number of morpholine rings is 1. The molecule has 16 N–H and O–H groups in total. The Kier molecular flexibility index (Phi) is 16.3. The highest BCUT2D eigenvalue weighted by Crippen LogP contribution is 2.32. The van der Waals surface area contributed by atoms with Crippen molar-refractivity contribution in [3.05, 3.63) is 41.5 Å². The zero-order valence-electron chi connectivity index (χ0n) is 31.7. The normalized spacial score (nSPS) is 40.7. The van der Waals surface area contributed by atoms with Crippen molar-refractivity contribution in [1.29, 1.82) is 0 Å². The van der Waals surface area contributed by atoms with Crippen molar-refractivity contribution in [2.24, 2.45) is 27.9 Å². The van der Waals surface area contributed by atoms with E-state index in [0.29, 0.717) is 28.4 Å². The van der Waals surface area contributed by atoms with Gasteiger partial charge in [-0.2, -0.15) is 0 Å². The van der Waals surface area contributed by atoms with Crippen LogP contribution in [-0.4, -0.2) is 199 Å². The predicted molar refractivity (Wildman–Crippen MR) is 203 cm³/mol. The average Bonchev–Trinajstić information content (AvgIpc) is 3.43. The summed E-state index contributed by atoms with van der Waals surface area (Å²) in [6, 6.07) is 6.29. The Hall–Kier alpha value is -2.30. The SMILES string of the molecule is CC1=C(c2ccccc2)S(=O)(=O)NC1=NCCCN1CCOCC1.NC[C@H]1O[C@H](O[C@H]2[C@H](O)[C@@H](O[C@H]3O[C@H](CO)[C@@H](O)[C@H](N)[C@H]3O)[C@H](N)C[C@@H]2N)[C@H](O)[C@@H](O)[C@@H]1O. The van der Waals surface area contributed by atoms with Crippen molar-refractivity contribution in [2.45, 2.75) is 112 Å². The van der Waals surface area contributed by atoms with Gasteiger partial charge in [0, 0.05) is 50.4 Å². The van der Waals surface area contributed by atoms with Gasteiger partial charge in [0.25, 0.3) is 10.0 Å². The largest absolute Gasteiger partial charge is 0.394 e. The van der Waals surface area contributed by atoms with Crippen LogP contribution in [0, 0.1) is 0 Å². The minimum absolute atomic E-state index is 0.0849. The van der Waals surface area contributed by atoms with Gasteiger partial charge in [0.15, 0.2) is 12.6 Å². The third-order valence-electron chi connectivity index (χ3n) is 10.7. The van der Waals surface area contributed by atoms with E-state index < -0.39 is 108 Å². The second kappa shape index (κ2) is 20.3. The molecule has 0 aromatic heterocycles. The van der Waals surface area contributed by atoms with Crippen molar-refractivity contribution >= 4 is 20.8 Å². The van der Waals surface area contributed by atoms with E-state index in [9.17, 15) is 44.2 Å². The second-order valence-electron chi connectivity index (χ2n) is 14.8. The number of nitrogens with one attached hydrogen (secondary N) is 1. The number of benzene rings is 1. The van der Waals surface area contributed by atoms with Gasteiger partial charge in [0.1, 0.15) is 71.8 Å². The standard InChI is InChI=1S/C18H36N4O11.C17H23N3O3S/c19-2-6-10(25)12(27)13(28)18(30-6)33-16-5(21)1-4(20)15(14(16)29)32-17-11(26)8(22)9(24)7(3-23)31-17;1-14-16(15-6-3-2-4-7-15)24(21,22)19-17(14)18-8-5-9-20-10-12-23-13-11-20/h4-18,23-29H,1-3,19-22H2;2-4,6-7H,5,8-13H2,1H3,(H,18,19)/t4-,5+,6-,7-,8+,9-,10-,11-,12+,13-,14-,15+,16-,17-,18-;/m1./s1. The van der Waals surface area contributed by atoms with Gasteiger partial charge in [0.05, 0.1) is 25.9 Å². The van der Waals surface area contributed by atoms with Crippen LogP contribution in [0.4, 0.5) is 0 Å². The minimum atomic E-state index is -3.52. The Morgan fingerprint density at radius 2 is 1.44 bits per heavy atom. The van der Waals surface area contributed by atoms with Crippen molar-refractivity contribution in [1.82, 2.24) is 9.62 Å². The first-order valence-corrected chi connectivity index (χ1v) is 20.5. The van der Waals surface area contributed by atoms with Crippen LogP contribution in [0.5, 0.6) is 0 Å². The Balaban J connectivity index is 0.000000228. The molecule has 0 unspecified atom stereocenters. The van der Waals surface area contributed by atoms with Crippen LogP contribution in [0.15, 0.2) is 40.9 Å². The quantitative estimate of drug-likeness (QED) is 0.0924. The maximum Gasteiger partial charge on any atom is 0.264 e. The maximum atomic E-state index is 12.4. The third-order valence-corrected chi connectivity index (χ3v) is 12.3. The molecule has 3 saturated heterocycles. The Morgan fingerprint density at radius 1 is 0.842 bits per heavy atom. The number of nitrogens with two attached hydrogens (primary N) is 4. The molecule has 1 saturated carbocycles. The molecule has 6 rings (SSSR count). The molecule has 0 spiro atoms. The highest BCUT2D eigenvalue weighted by Gasteiger charge is 2.51. The van der Waals surface area contributed by atoms with Crippen molar-refractivity contribution in [2.75, 3.05) is 52.5 Å². The molecular formula is C35H59N7O14S. The number of nitrogens with zero attached hydrogens (tertiary/aromatic N) is 2. The van der Waals surface area contributed by atoms with E-state index in [0.717, 1.165) is 39.3 Å². The van der Waals surface area contributed by atoms with E-state index in [2.05, 4.69) is 14.6 Å². The highest BCUT2D eigenvalue weighted by atomic mass is 32.2. The number of hydrogen-bond donors (Lipinski definition) is 12. The summed E-state index contributed by atoms with van der Waals surface area (Å²) in [5, 5.41) is 70.9. The monoisotopic (exact) mass is 833 g/mol. The fourth-order valence-electron chi connectivity index (χ4n) is 7.39. The Morgan fingerprint density at radius 3 is 2.04 bits per heavy atom. The number of ether oxygens (including phenoxy) is 5. The molecule has 1 aromatic rings. The Labute approximate surface area is 331 Å². The lowest BCUT2D eigenvalue weighted by atomic mass is 9.84. The van der Waals surface area contributed by atoms with Crippen LogP contribution in [-0.2, 0) is 33.7 Å². The summed E-state index contributed by atoms with van der Waals surface area (Å²) in [6.45, 7) is 6.10. The van der Waals surface area contributed by atoms with Gasteiger partial charge in [-0.05, 0) is 25.3 Å². The molecule has 1 aromatic carbocycles. The van der Waals surface area contributed by atoms with Crippen LogP contribution in [0.2, 0.25) is 0 Å². The van der Waals surface area contributed by atoms with Crippen LogP contribution in [0.25, 0.3) is 4.91 Å². The number of sulfonamides is 1. The van der Waals surface area contributed by atoms with E-state index in [1.807, 2.05) is 18.2 Å². The molecule has 4 fully saturated rings. The van der Waals surface area contributed by atoms with Crippen LogP contribution < -0.4 is 27.7 Å². The van der Waals surface area contributed by atoms with Gasteiger partial charge in [-0.15, -0.1) is 0 Å². The van der Waals surface area contributed by atoms with Crippen molar-refractivity contribution < 1.29 is 67.8 Å². The summed E-state index contributed by atoms with van der Waals surface area (Å²) in [4.78, 5) is 7.15. The first-order chi connectivity index (χ1) is 27.1. The number of rotatable bonds is 11. The first kappa shape index (κ1) is 45.8. The molecule has 4 aliphatic heterocycles. The van der Waals surface area contributed by atoms with Gasteiger partial charge in [-0.25, -0.2) is 8.42 Å². The van der Waals surface area contributed by atoms with Crippen molar-refractivity contribution in [3.63, 3.8) is 0 Å². The number of aliphatic hydroxyl groups is 7. The molecule has 22 heteroatoms. The molecule has 21 nitrogen and oxygen atoms in total. The van der Waals surface area contributed by atoms with Crippen LogP contribution in [0.1, 0.15) is 25.3 Å². The Bertz CT molecular complexity index is 1550. The molecule has 15 atom stereocenters. The molecular weight excluding hydrogens is 774 g/mol. The molecule has 324 valence electrons. The summed E-state index contributed by atoms with van der Waals surface area (Å²) in [5.41, 5.74) is 24.9. The summed E-state index contributed by atoms with van der Waals surface area (Å²) in [6.07, 6.45) is -15.6. The van der Waals surface area contributed by atoms with E-state index in [1.54, 1.807) is 19.1 Å². The number of amidine groups is 1. The van der Waals surface area contributed by atoms with Crippen LogP contribution >= 0.6 is 0 Å². The topological polar surface area (TPSA) is 354 Å². The summed E-state index contributed by atoms with van der Waals surface area (Å²) in [5.74, 6) is 0.468. The molecule has 0 radical (unpaired) electrons. The minimum Gasteiger partial charge on any atom is -0.394 e. The van der Waals surface area contributed by atoms with Gasteiger partial charge < -0.3 is 82.4 Å². The van der Waals surface area contributed by atoms with Gasteiger partial charge in [0.2, 0.25) is 0 Å². The third kappa shape index (κ3) is 10.7. The molecule has 0 amide bonds. The van der Waals surface area contributed by atoms with E-state index in [-0.39, 0.29) is 13.0 Å². The summed E-state index contributed by atoms with van der Waals surface area (Å²) < 4.78 is 54.9. The van der Waals surface area contributed by atoms with E-state index >= 15 is 0 Å². The second-order valence-corrected chi connectivity index (χ2v) is 16.4. The van der Waals surface area contributed by atoms with Crippen molar-refractivity contribution in [3.8, 4) is 0 Å². The maximum absolute atomic E-state index is 12.4. The lowest BCUT2D eigenvalue weighted by Gasteiger charge is -2.48. The fraction of sp³-hybridized carbons (Fsp3) is 0.743. The molecule has 4 heterocycles. The number of hydrogen-bond acceptors (Lipinski definition) is 20. The fourth-order valence-corrected chi connectivity index (χ4v) is 8.91. The van der Waals surface area contributed by atoms with E-state index in [1.165, 1.54) is 0 Å². The summed E-state index contributed by atoms with van der Waals surface area (Å²) in [7, 11) is -3.52.